The Bertz CT molecular complexity index is 864. The molecule has 2 N–H and O–H groups in total. The first kappa shape index (κ1) is 21.6. The minimum atomic E-state index is -0.410. The number of carbonyl (C=O) groups excluding carboxylic acids is 2. The molecule has 0 saturated carbocycles. The summed E-state index contributed by atoms with van der Waals surface area (Å²) in [5.74, 6) is 0.529. The van der Waals surface area contributed by atoms with Crippen LogP contribution >= 0.6 is 0 Å². The molecule has 0 bridgehead atoms. The molecule has 3 rings (SSSR count). The van der Waals surface area contributed by atoms with E-state index in [1.807, 2.05) is 17.9 Å². The van der Waals surface area contributed by atoms with Crippen molar-refractivity contribution in [2.24, 2.45) is 0 Å². The largest absolute Gasteiger partial charge is 0.495 e. The predicted octanol–water partition coefficient (Wildman–Crippen LogP) is 2.80. The lowest BCUT2D eigenvalue weighted by molar-refractivity contribution is -0.133. The van der Waals surface area contributed by atoms with Crippen molar-refractivity contribution in [3.05, 3.63) is 54.1 Å². The molecule has 0 radical (unpaired) electrons. The van der Waals surface area contributed by atoms with Gasteiger partial charge in [0.25, 0.3) is 0 Å². The van der Waals surface area contributed by atoms with E-state index in [9.17, 15) is 9.59 Å². The molecule has 1 heterocycles. The molecule has 0 aliphatic carbocycles. The fourth-order valence-electron chi connectivity index (χ4n) is 3.64. The molecule has 1 aliphatic rings. The smallest absolute Gasteiger partial charge is 0.244 e. The summed E-state index contributed by atoms with van der Waals surface area (Å²) in [7, 11) is 1.58. The lowest BCUT2D eigenvalue weighted by Crippen LogP contribution is -2.51. The number of nitrogens with one attached hydrogen (secondary N) is 2. The van der Waals surface area contributed by atoms with Crippen molar-refractivity contribution >= 4 is 23.2 Å². The van der Waals surface area contributed by atoms with E-state index in [4.69, 9.17) is 4.74 Å². The Morgan fingerprint density at radius 1 is 1.07 bits per heavy atom. The molecule has 30 heavy (non-hydrogen) atoms. The van der Waals surface area contributed by atoms with E-state index in [-0.39, 0.29) is 11.8 Å². The van der Waals surface area contributed by atoms with E-state index < -0.39 is 6.04 Å². The number of hydrogen-bond donors (Lipinski definition) is 2. The van der Waals surface area contributed by atoms with Crippen LogP contribution in [-0.2, 0) is 16.1 Å². The minimum Gasteiger partial charge on any atom is -0.495 e. The number of anilines is 2. The molecule has 7 heteroatoms. The Hall–Kier alpha value is -3.06. The van der Waals surface area contributed by atoms with E-state index >= 15 is 0 Å². The van der Waals surface area contributed by atoms with Gasteiger partial charge in [-0.1, -0.05) is 30.3 Å². The highest BCUT2D eigenvalue weighted by Crippen LogP contribution is 2.28. The second kappa shape index (κ2) is 10.1. The van der Waals surface area contributed by atoms with Crippen LogP contribution in [0.2, 0.25) is 0 Å². The van der Waals surface area contributed by atoms with Gasteiger partial charge >= 0.3 is 0 Å². The summed E-state index contributed by atoms with van der Waals surface area (Å²) >= 11 is 0. The molecule has 1 saturated heterocycles. The Labute approximate surface area is 178 Å². The van der Waals surface area contributed by atoms with Gasteiger partial charge < -0.3 is 20.3 Å². The van der Waals surface area contributed by atoms with Gasteiger partial charge in [0.1, 0.15) is 11.8 Å². The summed E-state index contributed by atoms with van der Waals surface area (Å²) in [6.07, 6.45) is 0. The maximum Gasteiger partial charge on any atom is 0.244 e. The predicted molar refractivity (Wildman–Crippen MR) is 119 cm³/mol. The van der Waals surface area contributed by atoms with Gasteiger partial charge in [0.05, 0.1) is 12.8 Å². The lowest BCUT2D eigenvalue weighted by atomic mass is 10.1. The number of amides is 2. The third-order valence-electron chi connectivity index (χ3n) is 5.20. The van der Waals surface area contributed by atoms with E-state index in [2.05, 4.69) is 39.8 Å². The molecule has 160 valence electrons. The molecule has 1 fully saturated rings. The monoisotopic (exact) mass is 410 g/mol. The second-order valence-electron chi connectivity index (χ2n) is 7.55. The highest BCUT2D eigenvalue weighted by atomic mass is 16.5. The van der Waals surface area contributed by atoms with Crippen molar-refractivity contribution in [1.82, 2.24) is 9.80 Å². The normalized spacial score (nSPS) is 15.4. The second-order valence-corrected chi connectivity index (χ2v) is 7.55. The van der Waals surface area contributed by atoms with Gasteiger partial charge in [0, 0.05) is 45.3 Å². The molecular formula is C23H30N4O3. The first-order valence-electron chi connectivity index (χ1n) is 10.2. The number of nitrogens with zero attached hydrogens (tertiary/aromatic N) is 2. The van der Waals surface area contributed by atoms with E-state index in [1.165, 1.54) is 12.5 Å². The Morgan fingerprint density at radius 3 is 2.40 bits per heavy atom. The summed E-state index contributed by atoms with van der Waals surface area (Å²) in [4.78, 5) is 28.6. The maximum atomic E-state index is 13.0. The van der Waals surface area contributed by atoms with Crippen LogP contribution in [0.3, 0.4) is 0 Å². The molecule has 2 amide bonds. The third kappa shape index (κ3) is 5.73. The highest BCUT2D eigenvalue weighted by molar-refractivity contribution is 5.90. The molecule has 0 spiro atoms. The van der Waals surface area contributed by atoms with Gasteiger partial charge in [-0.25, -0.2) is 0 Å². The Morgan fingerprint density at radius 2 is 1.77 bits per heavy atom. The van der Waals surface area contributed by atoms with Gasteiger partial charge in [-0.05, 0) is 30.7 Å². The van der Waals surface area contributed by atoms with Crippen LogP contribution in [0.1, 0.15) is 19.4 Å². The van der Waals surface area contributed by atoms with Crippen LogP contribution in [-0.4, -0.2) is 60.9 Å². The zero-order valence-electron chi connectivity index (χ0n) is 17.9. The summed E-state index contributed by atoms with van der Waals surface area (Å²) < 4.78 is 5.40. The van der Waals surface area contributed by atoms with E-state index in [1.54, 1.807) is 25.3 Å². The molecule has 0 aromatic heterocycles. The molecule has 0 unspecified atom stereocenters. The molecule has 2 aromatic rings. The van der Waals surface area contributed by atoms with Gasteiger partial charge in [0.2, 0.25) is 11.8 Å². The molecule has 7 nitrogen and oxygen atoms in total. The van der Waals surface area contributed by atoms with Crippen molar-refractivity contribution in [1.29, 1.82) is 0 Å². The first-order valence-corrected chi connectivity index (χ1v) is 10.2. The summed E-state index contributed by atoms with van der Waals surface area (Å²) in [5, 5.41) is 5.99. The maximum absolute atomic E-state index is 13.0. The Kier molecular flexibility index (Phi) is 7.30. The van der Waals surface area contributed by atoms with Crippen LogP contribution in [0.5, 0.6) is 5.75 Å². The number of hydrogen-bond acceptors (Lipinski definition) is 5. The number of methoxy groups -OCH3 is 1. The average molecular weight is 411 g/mol. The summed E-state index contributed by atoms with van der Waals surface area (Å²) in [6, 6.07) is 15.3. The summed E-state index contributed by atoms with van der Waals surface area (Å²) in [5.41, 5.74) is 2.62. The lowest BCUT2D eigenvalue weighted by Gasteiger charge is -2.36. The molecule has 1 aliphatic heterocycles. The SMILES string of the molecule is COc1ccc(NC(C)=O)cc1N[C@@H](C)C(=O)N1CCN(Cc2ccccc2)CC1. The van der Waals surface area contributed by atoms with Gasteiger partial charge in [0.15, 0.2) is 0 Å². The molecule has 1 atom stereocenters. The number of ether oxygens (including phenoxy) is 1. The van der Waals surface area contributed by atoms with Crippen LogP contribution in [0.4, 0.5) is 11.4 Å². The number of carbonyl (C=O) groups is 2. The van der Waals surface area contributed by atoms with E-state index in [0.717, 1.165) is 19.6 Å². The third-order valence-corrected chi connectivity index (χ3v) is 5.20. The number of benzene rings is 2. The molecular weight excluding hydrogens is 380 g/mol. The zero-order chi connectivity index (χ0) is 21.5. The first-order chi connectivity index (χ1) is 14.5. The van der Waals surface area contributed by atoms with Crippen molar-refractivity contribution < 1.29 is 14.3 Å². The van der Waals surface area contributed by atoms with Crippen molar-refractivity contribution in [2.75, 3.05) is 43.9 Å². The zero-order valence-corrected chi connectivity index (χ0v) is 17.9. The average Bonchev–Trinajstić information content (AvgIpc) is 2.74. The van der Waals surface area contributed by atoms with E-state index in [0.29, 0.717) is 30.2 Å². The highest BCUT2D eigenvalue weighted by Gasteiger charge is 2.25. The van der Waals surface area contributed by atoms with Crippen molar-refractivity contribution in [2.45, 2.75) is 26.4 Å². The van der Waals surface area contributed by atoms with Gasteiger partial charge in [-0.2, -0.15) is 0 Å². The van der Waals surface area contributed by atoms with Gasteiger partial charge in [-0.15, -0.1) is 0 Å². The summed E-state index contributed by atoms with van der Waals surface area (Å²) in [6.45, 7) is 7.35. The fourth-order valence-corrected chi connectivity index (χ4v) is 3.64. The van der Waals surface area contributed by atoms with Crippen LogP contribution < -0.4 is 15.4 Å². The molecule has 2 aromatic carbocycles. The van der Waals surface area contributed by atoms with Crippen LogP contribution in [0.15, 0.2) is 48.5 Å². The number of piperazine rings is 1. The standard InChI is InChI=1S/C23H30N4O3/c1-17(24-21-15-20(25-18(2)28)9-10-22(21)30-3)23(29)27-13-11-26(12-14-27)16-19-7-5-4-6-8-19/h4-10,15,17,24H,11-14,16H2,1-3H3,(H,25,28)/t17-/m0/s1. The quantitative estimate of drug-likeness (QED) is 0.734. The van der Waals surface area contributed by atoms with Crippen molar-refractivity contribution in [3.8, 4) is 5.75 Å². The van der Waals surface area contributed by atoms with Crippen molar-refractivity contribution in [3.63, 3.8) is 0 Å². The topological polar surface area (TPSA) is 73.9 Å². The Balaban J connectivity index is 1.56. The number of rotatable bonds is 7. The van der Waals surface area contributed by atoms with Gasteiger partial charge in [-0.3, -0.25) is 14.5 Å². The van der Waals surface area contributed by atoms with Crippen LogP contribution in [0, 0.1) is 0 Å². The van der Waals surface area contributed by atoms with Crippen LogP contribution in [0.25, 0.3) is 0 Å². The minimum absolute atomic E-state index is 0.0568. The fraction of sp³-hybridized carbons (Fsp3) is 0.391.